The molecule has 0 aromatic heterocycles. The highest BCUT2D eigenvalue weighted by atomic mass is 79.9. The van der Waals surface area contributed by atoms with Crippen LogP contribution in [0.15, 0.2) is 28.7 Å². The lowest BCUT2D eigenvalue weighted by Gasteiger charge is -2.11. The topological polar surface area (TPSA) is 44.4 Å². The molecule has 17 heavy (non-hydrogen) atoms. The van der Waals surface area contributed by atoms with Gasteiger partial charge in [0, 0.05) is 17.6 Å². The van der Waals surface area contributed by atoms with Gasteiger partial charge in [-0.25, -0.2) is 0 Å². The van der Waals surface area contributed by atoms with Gasteiger partial charge in [-0.15, -0.1) is 0 Å². The van der Waals surface area contributed by atoms with E-state index in [-0.39, 0.29) is 5.91 Å². The Morgan fingerprint density at radius 1 is 1.35 bits per heavy atom. The SMILES string of the molecule is CN(C)CCNCC(=O)Nc1ccccc1Br. The van der Waals surface area contributed by atoms with E-state index in [0.717, 1.165) is 23.2 Å². The number of rotatable bonds is 6. The van der Waals surface area contributed by atoms with E-state index in [1.54, 1.807) is 0 Å². The number of nitrogens with zero attached hydrogens (tertiary/aromatic N) is 1. The first-order valence-corrected chi connectivity index (χ1v) is 6.28. The summed E-state index contributed by atoms with van der Waals surface area (Å²) < 4.78 is 0.890. The lowest BCUT2D eigenvalue weighted by molar-refractivity contribution is -0.115. The van der Waals surface area contributed by atoms with Crippen molar-refractivity contribution in [3.63, 3.8) is 0 Å². The van der Waals surface area contributed by atoms with Crippen molar-refractivity contribution >= 4 is 27.5 Å². The maximum Gasteiger partial charge on any atom is 0.238 e. The summed E-state index contributed by atoms with van der Waals surface area (Å²) in [6.07, 6.45) is 0. The molecule has 1 amide bonds. The first kappa shape index (κ1) is 14.2. The van der Waals surface area contributed by atoms with Crippen molar-refractivity contribution in [3.8, 4) is 0 Å². The molecule has 0 bridgehead atoms. The van der Waals surface area contributed by atoms with Gasteiger partial charge in [-0.1, -0.05) is 12.1 Å². The van der Waals surface area contributed by atoms with Crippen molar-refractivity contribution in [2.24, 2.45) is 0 Å². The van der Waals surface area contributed by atoms with Crippen molar-refractivity contribution in [2.45, 2.75) is 0 Å². The second kappa shape index (κ2) is 7.42. The predicted molar refractivity (Wildman–Crippen MR) is 74.2 cm³/mol. The van der Waals surface area contributed by atoms with Gasteiger partial charge in [0.25, 0.3) is 0 Å². The number of carbonyl (C=O) groups excluding carboxylic acids is 1. The second-order valence-electron chi connectivity index (χ2n) is 4.01. The highest BCUT2D eigenvalue weighted by Gasteiger charge is 2.03. The number of benzene rings is 1. The van der Waals surface area contributed by atoms with Crippen molar-refractivity contribution < 1.29 is 4.79 Å². The Morgan fingerprint density at radius 2 is 2.06 bits per heavy atom. The summed E-state index contributed by atoms with van der Waals surface area (Å²) in [4.78, 5) is 13.7. The monoisotopic (exact) mass is 299 g/mol. The second-order valence-corrected chi connectivity index (χ2v) is 4.86. The average Bonchev–Trinajstić information content (AvgIpc) is 2.27. The number of halogens is 1. The van der Waals surface area contributed by atoms with Gasteiger partial charge in [-0.05, 0) is 42.2 Å². The molecule has 1 rings (SSSR count). The summed E-state index contributed by atoms with van der Waals surface area (Å²) in [5, 5.41) is 5.92. The third-order valence-electron chi connectivity index (χ3n) is 2.17. The van der Waals surface area contributed by atoms with E-state index in [9.17, 15) is 4.79 Å². The smallest absolute Gasteiger partial charge is 0.238 e. The summed E-state index contributed by atoms with van der Waals surface area (Å²) in [6.45, 7) is 2.05. The zero-order chi connectivity index (χ0) is 12.7. The molecule has 94 valence electrons. The molecule has 0 saturated heterocycles. The molecule has 2 N–H and O–H groups in total. The van der Waals surface area contributed by atoms with Crippen LogP contribution in [0.1, 0.15) is 0 Å². The molecule has 0 atom stereocenters. The standard InChI is InChI=1S/C12H18BrN3O/c1-16(2)8-7-14-9-12(17)15-11-6-4-3-5-10(11)13/h3-6,14H,7-9H2,1-2H3,(H,15,17). The molecule has 4 nitrogen and oxygen atoms in total. The van der Waals surface area contributed by atoms with Crippen molar-refractivity contribution in [1.29, 1.82) is 0 Å². The van der Waals surface area contributed by atoms with E-state index in [1.807, 2.05) is 38.4 Å². The highest BCUT2D eigenvalue weighted by Crippen LogP contribution is 2.20. The maximum atomic E-state index is 11.6. The lowest BCUT2D eigenvalue weighted by Crippen LogP contribution is -2.33. The average molecular weight is 300 g/mol. The molecule has 0 spiro atoms. The van der Waals surface area contributed by atoms with Crippen LogP contribution in [0, 0.1) is 0 Å². The van der Waals surface area contributed by atoms with Gasteiger partial charge < -0.3 is 15.5 Å². The Bertz CT molecular complexity index is 369. The van der Waals surface area contributed by atoms with E-state index >= 15 is 0 Å². The van der Waals surface area contributed by atoms with Crippen LogP contribution >= 0.6 is 15.9 Å². The van der Waals surface area contributed by atoms with Gasteiger partial charge >= 0.3 is 0 Å². The first-order valence-electron chi connectivity index (χ1n) is 5.49. The van der Waals surface area contributed by atoms with Gasteiger partial charge in [0.05, 0.1) is 12.2 Å². The van der Waals surface area contributed by atoms with Crippen LogP contribution in [-0.4, -0.2) is 44.5 Å². The molecule has 0 fully saturated rings. The zero-order valence-electron chi connectivity index (χ0n) is 10.2. The third kappa shape index (κ3) is 5.81. The van der Waals surface area contributed by atoms with E-state index in [2.05, 4.69) is 31.5 Å². The van der Waals surface area contributed by atoms with E-state index in [1.165, 1.54) is 0 Å². The number of anilines is 1. The van der Waals surface area contributed by atoms with E-state index in [4.69, 9.17) is 0 Å². The summed E-state index contributed by atoms with van der Waals surface area (Å²) in [5.41, 5.74) is 0.798. The van der Waals surface area contributed by atoms with E-state index in [0.29, 0.717) is 6.54 Å². The Labute approximate surface area is 111 Å². The molecule has 0 aliphatic rings. The van der Waals surface area contributed by atoms with Crippen LogP contribution in [0.4, 0.5) is 5.69 Å². The first-order chi connectivity index (χ1) is 8.09. The van der Waals surface area contributed by atoms with Gasteiger partial charge in [0.2, 0.25) is 5.91 Å². The maximum absolute atomic E-state index is 11.6. The van der Waals surface area contributed by atoms with Crippen LogP contribution < -0.4 is 10.6 Å². The summed E-state index contributed by atoms with van der Waals surface area (Å²) in [6, 6.07) is 7.56. The Morgan fingerprint density at radius 3 is 2.71 bits per heavy atom. The van der Waals surface area contributed by atoms with E-state index < -0.39 is 0 Å². The number of amides is 1. The molecular weight excluding hydrogens is 282 g/mol. The molecule has 0 aliphatic carbocycles. The third-order valence-corrected chi connectivity index (χ3v) is 2.86. The van der Waals surface area contributed by atoms with Gasteiger partial charge in [0.15, 0.2) is 0 Å². The molecule has 0 saturated carbocycles. The van der Waals surface area contributed by atoms with Gasteiger partial charge in [0.1, 0.15) is 0 Å². The van der Waals surface area contributed by atoms with Gasteiger partial charge in [-0.3, -0.25) is 4.79 Å². The summed E-state index contributed by atoms with van der Waals surface area (Å²) in [5.74, 6) is -0.0318. The van der Waals surface area contributed by atoms with Crippen LogP contribution in [0.25, 0.3) is 0 Å². The Hall–Kier alpha value is -0.910. The fourth-order valence-corrected chi connectivity index (χ4v) is 1.65. The number of para-hydroxylation sites is 1. The molecule has 0 radical (unpaired) electrons. The van der Waals surface area contributed by atoms with Crippen LogP contribution in [0.3, 0.4) is 0 Å². The van der Waals surface area contributed by atoms with Crippen LogP contribution in [0.2, 0.25) is 0 Å². The van der Waals surface area contributed by atoms with Crippen molar-refractivity contribution in [2.75, 3.05) is 39.0 Å². The Kier molecular flexibility index (Phi) is 6.18. The minimum atomic E-state index is -0.0318. The zero-order valence-corrected chi connectivity index (χ0v) is 11.8. The molecule has 0 unspecified atom stereocenters. The molecule has 5 heteroatoms. The quantitative estimate of drug-likeness (QED) is 0.783. The number of hydrogen-bond donors (Lipinski definition) is 2. The van der Waals surface area contributed by atoms with Crippen LogP contribution in [-0.2, 0) is 4.79 Å². The predicted octanol–water partition coefficient (Wildman–Crippen LogP) is 1.54. The number of hydrogen-bond acceptors (Lipinski definition) is 3. The minimum Gasteiger partial charge on any atom is -0.324 e. The summed E-state index contributed by atoms with van der Waals surface area (Å²) >= 11 is 3.38. The highest BCUT2D eigenvalue weighted by molar-refractivity contribution is 9.10. The molecule has 0 aliphatic heterocycles. The normalized spacial score (nSPS) is 10.6. The van der Waals surface area contributed by atoms with Gasteiger partial charge in [-0.2, -0.15) is 0 Å². The number of likely N-dealkylation sites (N-methyl/N-ethyl adjacent to an activating group) is 1. The minimum absolute atomic E-state index is 0.0318. The fraction of sp³-hybridized carbons (Fsp3) is 0.417. The lowest BCUT2D eigenvalue weighted by atomic mass is 10.3. The molecular formula is C12H18BrN3O. The Balaban J connectivity index is 2.28. The summed E-state index contributed by atoms with van der Waals surface area (Å²) in [7, 11) is 4.01. The van der Waals surface area contributed by atoms with Crippen molar-refractivity contribution in [1.82, 2.24) is 10.2 Å². The molecule has 1 aromatic rings. The van der Waals surface area contributed by atoms with Crippen molar-refractivity contribution in [3.05, 3.63) is 28.7 Å². The number of nitrogens with one attached hydrogen (secondary N) is 2. The number of carbonyl (C=O) groups is 1. The van der Waals surface area contributed by atoms with Crippen LogP contribution in [0.5, 0.6) is 0 Å². The fourth-order valence-electron chi connectivity index (χ4n) is 1.26. The largest absolute Gasteiger partial charge is 0.324 e. The molecule has 1 aromatic carbocycles. The molecule has 0 heterocycles.